The van der Waals surface area contributed by atoms with Gasteiger partial charge in [0.25, 0.3) is 0 Å². The van der Waals surface area contributed by atoms with Crippen molar-refractivity contribution in [1.29, 1.82) is 0 Å². The quantitative estimate of drug-likeness (QED) is 0.454. The van der Waals surface area contributed by atoms with E-state index in [1.165, 1.54) is 4.88 Å². The number of nitrogens with one attached hydrogen (secondary N) is 2. The van der Waals surface area contributed by atoms with Crippen LogP contribution >= 0.6 is 39.5 Å². The Balaban J connectivity index is 1.51. The SMILES string of the molecule is Cc1cccc(NC(=O)CCN2C(=S)N[C@H](c3ccccn3)[C@H]2c2cc(Br)cs2)c1. The predicted molar refractivity (Wildman–Crippen MR) is 129 cm³/mol. The zero-order valence-electron chi connectivity index (χ0n) is 16.3. The second-order valence-corrected chi connectivity index (χ2v) is 9.40. The number of halogens is 1. The number of pyridine rings is 1. The van der Waals surface area contributed by atoms with Crippen LogP contribution in [0.2, 0.25) is 0 Å². The van der Waals surface area contributed by atoms with Gasteiger partial charge >= 0.3 is 0 Å². The highest BCUT2D eigenvalue weighted by atomic mass is 79.9. The molecule has 3 heterocycles. The Bertz CT molecular complexity index is 1060. The minimum Gasteiger partial charge on any atom is -0.352 e. The normalized spacial score (nSPS) is 18.3. The lowest BCUT2D eigenvalue weighted by Gasteiger charge is -2.26. The summed E-state index contributed by atoms with van der Waals surface area (Å²) in [7, 11) is 0. The summed E-state index contributed by atoms with van der Waals surface area (Å²) in [5.41, 5.74) is 2.85. The van der Waals surface area contributed by atoms with E-state index < -0.39 is 0 Å². The lowest BCUT2D eigenvalue weighted by atomic mass is 10.0. The first-order chi connectivity index (χ1) is 14.5. The van der Waals surface area contributed by atoms with Crippen molar-refractivity contribution in [2.75, 3.05) is 11.9 Å². The largest absolute Gasteiger partial charge is 0.352 e. The number of hydrogen-bond acceptors (Lipinski definition) is 4. The van der Waals surface area contributed by atoms with Crippen LogP contribution in [0.3, 0.4) is 0 Å². The molecule has 1 amide bonds. The number of carbonyl (C=O) groups excluding carboxylic acids is 1. The first kappa shape index (κ1) is 21.0. The van der Waals surface area contributed by atoms with Gasteiger partial charge in [0.15, 0.2) is 5.11 Å². The molecule has 154 valence electrons. The summed E-state index contributed by atoms with van der Waals surface area (Å²) in [4.78, 5) is 20.4. The first-order valence-corrected chi connectivity index (χ1v) is 11.7. The fraction of sp³-hybridized carbons (Fsp3) is 0.227. The molecule has 0 unspecified atom stereocenters. The zero-order chi connectivity index (χ0) is 21.1. The Labute approximate surface area is 193 Å². The summed E-state index contributed by atoms with van der Waals surface area (Å²) in [5, 5.41) is 9.10. The lowest BCUT2D eigenvalue weighted by molar-refractivity contribution is -0.116. The minimum absolute atomic E-state index is 0.0181. The van der Waals surface area contributed by atoms with Crippen molar-refractivity contribution in [2.24, 2.45) is 0 Å². The molecule has 1 saturated heterocycles. The summed E-state index contributed by atoms with van der Waals surface area (Å²) in [6, 6.07) is 15.7. The number of nitrogens with zero attached hydrogens (tertiary/aromatic N) is 2. The van der Waals surface area contributed by atoms with E-state index in [2.05, 4.69) is 47.9 Å². The summed E-state index contributed by atoms with van der Waals surface area (Å²) >= 11 is 10.9. The summed E-state index contributed by atoms with van der Waals surface area (Å²) in [6.45, 7) is 2.53. The molecule has 8 heteroatoms. The molecule has 0 spiro atoms. The third kappa shape index (κ3) is 4.71. The number of amides is 1. The molecule has 2 atom stereocenters. The average molecular weight is 501 g/mol. The average Bonchev–Trinajstić information content (AvgIpc) is 3.30. The van der Waals surface area contributed by atoms with Crippen molar-refractivity contribution in [2.45, 2.75) is 25.4 Å². The van der Waals surface area contributed by atoms with Gasteiger partial charge in [0.05, 0.1) is 17.8 Å². The molecule has 3 aromatic rings. The molecule has 0 radical (unpaired) electrons. The highest BCUT2D eigenvalue weighted by Crippen LogP contribution is 2.41. The van der Waals surface area contributed by atoms with E-state index in [1.54, 1.807) is 17.5 Å². The molecule has 0 aliphatic carbocycles. The smallest absolute Gasteiger partial charge is 0.226 e. The van der Waals surface area contributed by atoms with Gasteiger partial charge in [-0.2, -0.15) is 0 Å². The third-order valence-corrected chi connectivity index (χ3v) is 7.08. The molecule has 30 heavy (non-hydrogen) atoms. The number of carbonyl (C=O) groups is 1. The van der Waals surface area contributed by atoms with E-state index in [0.29, 0.717) is 18.1 Å². The van der Waals surface area contributed by atoms with Crippen molar-refractivity contribution in [3.8, 4) is 0 Å². The molecule has 4 rings (SSSR count). The van der Waals surface area contributed by atoms with Crippen molar-refractivity contribution in [3.63, 3.8) is 0 Å². The summed E-state index contributed by atoms with van der Waals surface area (Å²) in [5.74, 6) is -0.0317. The standard InChI is InChI=1S/C22H21BrN4OS2/c1-14-5-4-6-16(11-14)25-19(28)8-10-27-21(18-12-15(23)13-30-18)20(26-22(27)29)17-7-2-3-9-24-17/h2-7,9,11-13,20-21H,8,10H2,1H3,(H,25,28)(H,26,29)/t20-,21-/m1/s1. The number of aryl methyl sites for hydroxylation is 1. The maximum absolute atomic E-state index is 12.6. The molecule has 5 nitrogen and oxygen atoms in total. The number of benzene rings is 1. The predicted octanol–water partition coefficient (Wildman–Crippen LogP) is 5.22. The lowest BCUT2D eigenvalue weighted by Crippen LogP contribution is -2.32. The van der Waals surface area contributed by atoms with E-state index in [0.717, 1.165) is 21.4 Å². The molecule has 0 bridgehead atoms. The Kier molecular flexibility index (Phi) is 6.46. The second kappa shape index (κ2) is 9.24. The Hall–Kier alpha value is -2.29. The maximum Gasteiger partial charge on any atom is 0.226 e. The fourth-order valence-corrected chi connectivity index (χ4v) is 5.53. The third-order valence-electron chi connectivity index (χ3n) is 4.96. The maximum atomic E-state index is 12.6. The van der Waals surface area contributed by atoms with E-state index in [-0.39, 0.29) is 18.0 Å². The molecular weight excluding hydrogens is 480 g/mol. The van der Waals surface area contributed by atoms with Gasteiger partial charge in [0.1, 0.15) is 0 Å². The number of anilines is 1. The van der Waals surface area contributed by atoms with E-state index in [1.807, 2.05) is 49.4 Å². The van der Waals surface area contributed by atoms with E-state index >= 15 is 0 Å². The van der Waals surface area contributed by atoms with Crippen molar-refractivity contribution >= 4 is 56.2 Å². The van der Waals surface area contributed by atoms with Crippen molar-refractivity contribution in [1.82, 2.24) is 15.2 Å². The van der Waals surface area contributed by atoms with Gasteiger partial charge in [-0.1, -0.05) is 18.2 Å². The molecule has 1 aliphatic rings. The minimum atomic E-state index is -0.0657. The Morgan fingerprint density at radius 2 is 2.17 bits per heavy atom. The van der Waals surface area contributed by atoms with Gasteiger partial charge in [-0.05, 0) is 71.0 Å². The van der Waals surface area contributed by atoms with Gasteiger partial charge in [0.2, 0.25) is 5.91 Å². The molecular formula is C22H21BrN4OS2. The number of aromatic nitrogens is 1. The molecule has 1 aromatic carbocycles. The molecule has 1 fully saturated rings. The number of hydrogen-bond donors (Lipinski definition) is 2. The monoisotopic (exact) mass is 500 g/mol. The fourth-order valence-electron chi connectivity index (χ4n) is 3.61. The first-order valence-electron chi connectivity index (χ1n) is 9.60. The second-order valence-electron chi connectivity index (χ2n) is 7.15. The van der Waals surface area contributed by atoms with Crippen LogP contribution in [0, 0.1) is 6.92 Å². The highest BCUT2D eigenvalue weighted by molar-refractivity contribution is 9.10. The molecule has 2 N–H and O–H groups in total. The van der Waals surface area contributed by atoms with Crippen LogP contribution in [0.1, 0.15) is 34.6 Å². The van der Waals surface area contributed by atoms with Gasteiger partial charge in [-0.15, -0.1) is 11.3 Å². The van der Waals surface area contributed by atoms with Crippen molar-refractivity contribution in [3.05, 3.63) is 80.7 Å². The van der Waals surface area contributed by atoms with Crippen LogP contribution in [0.5, 0.6) is 0 Å². The van der Waals surface area contributed by atoms with Gasteiger partial charge < -0.3 is 15.5 Å². The molecule has 2 aromatic heterocycles. The summed E-state index contributed by atoms with van der Waals surface area (Å²) < 4.78 is 1.04. The van der Waals surface area contributed by atoms with Crippen molar-refractivity contribution < 1.29 is 4.79 Å². The Morgan fingerprint density at radius 3 is 2.87 bits per heavy atom. The number of thiophene rings is 1. The van der Waals surface area contributed by atoms with Crippen LogP contribution in [-0.2, 0) is 4.79 Å². The van der Waals surface area contributed by atoms with E-state index in [9.17, 15) is 4.79 Å². The molecule has 0 saturated carbocycles. The van der Waals surface area contributed by atoms with Crippen LogP contribution in [0.15, 0.2) is 64.6 Å². The number of thiocarbonyl (C=S) groups is 1. The zero-order valence-corrected chi connectivity index (χ0v) is 19.6. The van der Waals surface area contributed by atoms with Crippen LogP contribution in [0.4, 0.5) is 5.69 Å². The topological polar surface area (TPSA) is 57.3 Å². The Morgan fingerprint density at radius 1 is 1.30 bits per heavy atom. The van der Waals surface area contributed by atoms with E-state index in [4.69, 9.17) is 12.2 Å². The van der Waals surface area contributed by atoms with Crippen LogP contribution in [0.25, 0.3) is 0 Å². The van der Waals surface area contributed by atoms with Gasteiger partial charge in [0, 0.05) is 39.6 Å². The van der Waals surface area contributed by atoms with Gasteiger partial charge in [-0.25, -0.2) is 0 Å². The highest BCUT2D eigenvalue weighted by Gasteiger charge is 2.40. The van der Waals surface area contributed by atoms with Crippen LogP contribution in [-0.4, -0.2) is 27.4 Å². The summed E-state index contributed by atoms with van der Waals surface area (Å²) in [6.07, 6.45) is 2.13. The number of rotatable bonds is 6. The van der Waals surface area contributed by atoms with Crippen LogP contribution < -0.4 is 10.6 Å². The molecule has 1 aliphatic heterocycles. The van der Waals surface area contributed by atoms with Gasteiger partial charge in [-0.3, -0.25) is 9.78 Å².